The summed E-state index contributed by atoms with van der Waals surface area (Å²) in [5, 5.41) is 7.01. The Balaban J connectivity index is 1.88. The normalized spacial score (nSPS) is 12.0. The van der Waals surface area contributed by atoms with Crippen LogP contribution in [0, 0.1) is 0 Å². The van der Waals surface area contributed by atoms with Gasteiger partial charge >= 0.3 is 0 Å². The van der Waals surface area contributed by atoms with Crippen LogP contribution < -0.4 is 15.2 Å². The lowest BCUT2D eigenvalue weighted by Gasteiger charge is -2.14. The third-order valence-electron chi connectivity index (χ3n) is 3.44. The number of hydrogen-bond donors (Lipinski definition) is 2. The highest BCUT2D eigenvalue weighted by molar-refractivity contribution is 5.47. The van der Waals surface area contributed by atoms with E-state index in [0.717, 1.165) is 5.56 Å². The van der Waals surface area contributed by atoms with Gasteiger partial charge in [-0.3, -0.25) is 10.1 Å². The van der Waals surface area contributed by atoms with Gasteiger partial charge in [-0.1, -0.05) is 6.07 Å². The molecule has 0 aliphatic rings. The number of hydrogen-bond acceptors (Lipinski definition) is 7. The third-order valence-corrected chi connectivity index (χ3v) is 3.44. The monoisotopic (exact) mass is 326 g/mol. The quantitative estimate of drug-likeness (QED) is 0.709. The largest absolute Gasteiger partial charge is 0.493 e. The standard InChI is InChI=1S/C16H18N6O2/c1-3-24-13-8-10(4-5-12(13)23-2)14(17)16-20-15(21-22-16)11-9-18-6-7-19-11/h4-9,14H,3,17H2,1-2H3,(H,20,21,22)/t14-/m0/s1. The number of nitrogens with zero attached hydrogens (tertiary/aromatic N) is 4. The van der Waals surface area contributed by atoms with Gasteiger partial charge in [0.1, 0.15) is 11.5 Å². The minimum absolute atomic E-state index is 0.451. The number of benzene rings is 1. The molecule has 0 saturated carbocycles. The highest BCUT2D eigenvalue weighted by atomic mass is 16.5. The van der Waals surface area contributed by atoms with Gasteiger partial charge < -0.3 is 15.2 Å². The second-order valence-corrected chi connectivity index (χ2v) is 4.96. The summed E-state index contributed by atoms with van der Waals surface area (Å²) in [4.78, 5) is 12.6. The first-order valence-electron chi connectivity index (χ1n) is 7.48. The molecule has 0 aliphatic carbocycles. The van der Waals surface area contributed by atoms with E-state index < -0.39 is 6.04 Å². The van der Waals surface area contributed by atoms with Crippen LogP contribution in [0.3, 0.4) is 0 Å². The third kappa shape index (κ3) is 3.18. The van der Waals surface area contributed by atoms with Crippen molar-refractivity contribution in [2.75, 3.05) is 13.7 Å². The van der Waals surface area contributed by atoms with Gasteiger partial charge in [0.05, 0.1) is 26.0 Å². The Hall–Kier alpha value is -3.00. The van der Waals surface area contributed by atoms with Gasteiger partial charge in [-0.15, -0.1) is 0 Å². The number of methoxy groups -OCH3 is 1. The molecule has 8 nitrogen and oxygen atoms in total. The molecule has 2 aromatic heterocycles. The maximum absolute atomic E-state index is 6.30. The molecule has 2 heterocycles. The Morgan fingerprint density at radius 1 is 1.25 bits per heavy atom. The molecule has 0 unspecified atom stereocenters. The summed E-state index contributed by atoms with van der Waals surface area (Å²) in [6.45, 7) is 2.45. The number of ether oxygens (including phenoxy) is 2. The molecule has 0 radical (unpaired) electrons. The van der Waals surface area contributed by atoms with E-state index in [1.165, 1.54) is 0 Å². The van der Waals surface area contributed by atoms with Gasteiger partial charge in [0.15, 0.2) is 11.5 Å². The molecule has 0 saturated heterocycles. The molecule has 1 atom stereocenters. The van der Waals surface area contributed by atoms with Crippen LogP contribution in [0.25, 0.3) is 11.5 Å². The van der Waals surface area contributed by atoms with Crippen LogP contribution in [0.1, 0.15) is 24.4 Å². The predicted molar refractivity (Wildman–Crippen MR) is 87.6 cm³/mol. The molecule has 124 valence electrons. The first-order valence-corrected chi connectivity index (χ1v) is 7.48. The Morgan fingerprint density at radius 3 is 2.83 bits per heavy atom. The van der Waals surface area contributed by atoms with E-state index in [-0.39, 0.29) is 0 Å². The van der Waals surface area contributed by atoms with Crippen LogP contribution in [0.2, 0.25) is 0 Å². The molecule has 3 aromatic rings. The smallest absolute Gasteiger partial charge is 0.201 e. The van der Waals surface area contributed by atoms with Crippen molar-refractivity contribution in [2.24, 2.45) is 5.73 Å². The summed E-state index contributed by atoms with van der Waals surface area (Å²) in [6.07, 6.45) is 4.78. The van der Waals surface area contributed by atoms with E-state index in [1.54, 1.807) is 25.7 Å². The number of rotatable bonds is 6. The minimum Gasteiger partial charge on any atom is -0.493 e. The number of H-pyrrole nitrogens is 1. The van der Waals surface area contributed by atoms with Gasteiger partial charge in [-0.2, -0.15) is 5.10 Å². The van der Waals surface area contributed by atoms with Crippen LogP contribution in [0.5, 0.6) is 11.5 Å². The number of nitrogens with one attached hydrogen (secondary N) is 1. The van der Waals surface area contributed by atoms with Crippen LogP contribution in [-0.2, 0) is 0 Å². The van der Waals surface area contributed by atoms with Crippen molar-refractivity contribution in [3.8, 4) is 23.0 Å². The van der Waals surface area contributed by atoms with E-state index >= 15 is 0 Å². The van der Waals surface area contributed by atoms with Gasteiger partial charge in [-0.05, 0) is 24.6 Å². The first kappa shape index (κ1) is 15.9. The van der Waals surface area contributed by atoms with Crippen molar-refractivity contribution in [3.05, 3.63) is 48.2 Å². The summed E-state index contributed by atoms with van der Waals surface area (Å²) in [5.41, 5.74) is 7.71. The molecular formula is C16H18N6O2. The van der Waals surface area contributed by atoms with Gasteiger partial charge in [0, 0.05) is 12.4 Å². The zero-order chi connectivity index (χ0) is 16.9. The second-order valence-electron chi connectivity index (χ2n) is 4.96. The zero-order valence-corrected chi connectivity index (χ0v) is 13.4. The summed E-state index contributed by atoms with van der Waals surface area (Å²) in [5.74, 6) is 2.28. The van der Waals surface area contributed by atoms with Crippen LogP contribution in [0.4, 0.5) is 0 Å². The van der Waals surface area contributed by atoms with Crippen LogP contribution in [-0.4, -0.2) is 38.9 Å². The minimum atomic E-state index is -0.479. The molecule has 0 bridgehead atoms. The fourth-order valence-electron chi connectivity index (χ4n) is 2.26. The SMILES string of the molecule is CCOc1cc([C@H](N)c2nc(-c3cnccn3)n[nH]2)ccc1OC. The summed E-state index contributed by atoms with van der Waals surface area (Å²) >= 11 is 0. The maximum Gasteiger partial charge on any atom is 0.201 e. The second kappa shape index (κ2) is 7.05. The average Bonchev–Trinajstić information content (AvgIpc) is 3.12. The highest BCUT2D eigenvalue weighted by Gasteiger charge is 2.17. The number of aromatic nitrogens is 5. The Labute approximate surface area is 139 Å². The van der Waals surface area contributed by atoms with E-state index in [2.05, 4.69) is 25.1 Å². The van der Waals surface area contributed by atoms with E-state index in [9.17, 15) is 0 Å². The fourth-order valence-corrected chi connectivity index (χ4v) is 2.26. The molecule has 1 aromatic carbocycles. The average molecular weight is 326 g/mol. The lowest BCUT2D eigenvalue weighted by molar-refractivity contribution is 0.310. The van der Waals surface area contributed by atoms with Gasteiger partial charge in [-0.25, -0.2) is 9.97 Å². The fraction of sp³-hybridized carbons (Fsp3) is 0.250. The lowest BCUT2D eigenvalue weighted by Crippen LogP contribution is -2.14. The maximum atomic E-state index is 6.30. The Morgan fingerprint density at radius 2 is 2.12 bits per heavy atom. The highest BCUT2D eigenvalue weighted by Crippen LogP contribution is 2.31. The van der Waals surface area contributed by atoms with E-state index in [4.69, 9.17) is 15.2 Å². The number of nitrogens with two attached hydrogens (primary N) is 1. The lowest BCUT2D eigenvalue weighted by atomic mass is 10.1. The zero-order valence-electron chi connectivity index (χ0n) is 13.4. The molecule has 0 aliphatic heterocycles. The van der Waals surface area contributed by atoms with Crippen molar-refractivity contribution >= 4 is 0 Å². The van der Waals surface area contributed by atoms with Crippen LogP contribution >= 0.6 is 0 Å². The number of aromatic amines is 1. The molecule has 0 spiro atoms. The molecule has 24 heavy (non-hydrogen) atoms. The Kier molecular flexibility index (Phi) is 4.66. The molecule has 8 heteroatoms. The van der Waals surface area contributed by atoms with Crippen molar-refractivity contribution < 1.29 is 9.47 Å². The predicted octanol–water partition coefficient (Wildman–Crippen LogP) is 1.72. The Bertz CT molecular complexity index is 805. The van der Waals surface area contributed by atoms with Crippen molar-refractivity contribution in [1.82, 2.24) is 25.1 Å². The molecule has 3 N–H and O–H groups in total. The van der Waals surface area contributed by atoms with Crippen LogP contribution in [0.15, 0.2) is 36.8 Å². The van der Waals surface area contributed by atoms with Gasteiger partial charge in [0.2, 0.25) is 5.82 Å². The van der Waals surface area contributed by atoms with Gasteiger partial charge in [0.25, 0.3) is 0 Å². The van der Waals surface area contributed by atoms with Crippen molar-refractivity contribution in [1.29, 1.82) is 0 Å². The van der Waals surface area contributed by atoms with Crippen molar-refractivity contribution in [2.45, 2.75) is 13.0 Å². The first-order chi connectivity index (χ1) is 11.7. The molecule has 0 fully saturated rings. The van der Waals surface area contributed by atoms with E-state index in [1.807, 2.05) is 25.1 Å². The summed E-state index contributed by atoms with van der Waals surface area (Å²) in [7, 11) is 1.60. The summed E-state index contributed by atoms with van der Waals surface area (Å²) < 4.78 is 10.9. The molecular weight excluding hydrogens is 308 g/mol. The topological polar surface area (TPSA) is 112 Å². The summed E-state index contributed by atoms with van der Waals surface area (Å²) in [6, 6.07) is 5.06. The molecule has 0 amide bonds. The van der Waals surface area contributed by atoms with Crippen molar-refractivity contribution in [3.63, 3.8) is 0 Å². The van der Waals surface area contributed by atoms with E-state index in [0.29, 0.717) is 35.4 Å². The molecule has 3 rings (SSSR count).